The van der Waals surface area contributed by atoms with Crippen molar-refractivity contribution in [1.29, 1.82) is 0 Å². The number of aryl methyl sites for hydroxylation is 1. The van der Waals surface area contributed by atoms with E-state index in [9.17, 15) is 10.1 Å². The first kappa shape index (κ1) is 11.6. The van der Waals surface area contributed by atoms with Gasteiger partial charge in [-0.15, -0.1) is 0 Å². The number of nitrogen functional groups attached to an aromatic ring is 1. The van der Waals surface area contributed by atoms with E-state index < -0.39 is 4.92 Å². The van der Waals surface area contributed by atoms with Crippen molar-refractivity contribution in [2.45, 2.75) is 6.92 Å². The molecule has 0 saturated heterocycles. The monoisotopic (exact) mass is 296 g/mol. The van der Waals surface area contributed by atoms with Crippen LogP contribution in [0.2, 0.25) is 0 Å². The van der Waals surface area contributed by atoms with E-state index in [0.717, 1.165) is 5.56 Å². The third-order valence-corrected chi connectivity index (χ3v) is 2.99. The zero-order valence-electron chi connectivity index (χ0n) is 8.92. The Bertz CT molecular complexity index is 574. The van der Waals surface area contributed by atoms with Gasteiger partial charge in [0.05, 0.1) is 10.6 Å². The van der Waals surface area contributed by atoms with Gasteiger partial charge in [0.25, 0.3) is 5.69 Å². The van der Waals surface area contributed by atoms with E-state index >= 15 is 0 Å². The van der Waals surface area contributed by atoms with Crippen LogP contribution in [0.15, 0.2) is 28.9 Å². The van der Waals surface area contributed by atoms with Crippen molar-refractivity contribution in [1.82, 2.24) is 9.78 Å². The molecule has 0 radical (unpaired) electrons. The molecule has 1 aromatic heterocycles. The molecule has 0 unspecified atom stereocenters. The molecule has 2 N–H and O–H groups in total. The van der Waals surface area contributed by atoms with Crippen LogP contribution in [0.4, 0.5) is 11.5 Å². The van der Waals surface area contributed by atoms with E-state index in [2.05, 4.69) is 21.0 Å². The highest BCUT2D eigenvalue weighted by Crippen LogP contribution is 2.26. The Morgan fingerprint density at radius 2 is 2.24 bits per heavy atom. The van der Waals surface area contributed by atoms with Gasteiger partial charge in [0.1, 0.15) is 5.82 Å². The van der Waals surface area contributed by atoms with Crippen LogP contribution >= 0.6 is 15.9 Å². The van der Waals surface area contributed by atoms with Crippen LogP contribution in [0.25, 0.3) is 5.69 Å². The molecule has 0 saturated carbocycles. The first-order valence-corrected chi connectivity index (χ1v) is 5.54. The first-order chi connectivity index (χ1) is 7.99. The van der Waals surface area contributed by atoms with Gasteiger partial charge in [-0.25, -0.2) is 4.68 Å². The van der Waals surface area contributed by atoms with Crippen LogP contribution in [0.1, 0.15) is 5.56 Å². The van der Waals surface area contributed by atoms with E-state index in [-0.39, 0.29) is 5.69 Å². The summed E-state index contributed by atoms with van der Waals surface area (Å²) in [5, 5.41) is 14.8. The second-order valence-electron chi connectivity index (χ2n) is 3.53. The zero-order valence-corrected chi connectivity index (χ0v) is 10.5. The summed E-state index contributed by atoms with van der Waals surface area (Å²) in [4.78, 5) is 10.3. The van der Waals surface area contributed by atoms with Crippen LogP contribution in [0.3, 0.4) is 0 Å². The molecule has 0 aliphatic heterocycles. The van der Waals surface area contributed by atoms with Gasteiger partial charge in [0.15, 0.2) is 0 Å². The number of nitro benzene ring substituents is 1. The van der Waals surface area contributed by atoms with Crippen molar-refractivity contribution >= 4 is 27.4 Å². The molecule has 17 heavy (non-hydrogen) atoms. The number of anilines is 1. The fourth-order valence-electron chi connectivity index (χ4n) is 1.39. The summed E-state index contributed by atoms with van der Waals surface area (Å²) in [6.07, 6.45) is 1.72. The van der Waals surface area contributed by atoms with Crippen molar-refractivity contribution in [3.05, 3.63) is 44.5 Å². The van der Waals surface area contributed by atoms with Gasteiger partial charge in [0.2, 0.25) is 0 Å². The quantitative estimate of drug-likeness (QED) is 0.681. The van der Waals surface area contributed by atoms with Crippen LogP contribution < -0.4 is 5.73 Å². The van der Waals surface area contributed by atoms with E-state index in [4.69, 9.17) is 5.73 Å². The van der Waals surface area contributed by atoms with Gasteiger partial charge in [-0.2, -0.15) is 5.10 Å². The third kappa shape index (κ3) is 2.14. The Hall–Kier alpha value is -1.89. The maximum absolute atomic E-state index is 10.7. The van der Waals surface area contributed by atoms with Crippen LogP contribution in [-0.2, 0) is 0 Å². The largest absolute Gasteiger partial charge is 0.382 e. The Morgan fingerprint density at radius 3 is 2.76 bits per heavy atom. The predicted octanol–water partition coefficient (Wildman–Crippen LogP) is 2.43. The van der Waals surface area contributed by atoms with Gasteiger partial charge in [-0.3, -0.25) is 10.1 Å². The number of halogens is 1. The standard InChI is InChI=1S/C10H9BrN4O2/c1-6-5-14(13-10(6)12)9-4-7(15(16)17)2-3-8(9)11/h2-5H,1H3,(H2,12,13). The molecule has 0 fully saturated rings. The smallest absolute Gasteiger partial charge is 0.271 e. The molecule has 6 nitrogen and oxygen atoms in total. The van der Waals surface area contributed by atoms with Crippen LogP contribution in [-0.4, -0.2) is 14.7 Å². The Morgan fingerprint density at radius 1 is 1.53 bits per heavy atom. The van der Waals surface area contributed by atoms with E-state index in [0.29, 0.717) is 16.0 Å². The molecule has 0 amide bonds. The van der Waals surface area contributed by atoms with Crippen molar-refractivity contribution in [3.63, 3.8) is 0 Å². The Kier molecular flexibility index (Phi) is 2.84. The number of rotatable bonds is 2. The third-order valence-electron chi connectivity index (χ3n) is 2.32. The summed E-state index contributed by atoms with van der Waals surface area (Å²) in [6.45, 7) is 1.82. The summed E-state index contributed by atoms with van der Waals surface area (Å²) in [6, 6.07) is 4.48. The molecule has 0 spiro atoms. The molecule has 7 heteroatoms. The molecule has 1 aromatic carbocycles. The summed E-state index contributed by atoms with van der Waals surface area (Å²) in [7, 11) is 0. The minimum Gasteiger partial charge on any atom is -0.382 e. The number of hydrogen-bond acceptors (Lipinski definition) is 4. The second-order valence-corrected chi connectivity index (χ2v) is 4.39. The highest BCUT2D eigenvalue weighted by molar-refractivity contribution is 9.10. The molecular formula is C10H9BrN4O2. The van der Waals surface area contributed by atoms with Crippen molar-refractivity contribution in [3.8, 4) is 5.69 Å². The molecule has 2 aromatic rings. The highest BCUT2D eigenvalue weighted by Gasteiger charge is 2.12. The average Bonchev–Trinajstić information content (AvgIpc) is 2.59. The molecule has 0 atom stereocenters. The lowest BCUT2D eigenvalue weighted by Crippen LogP contribution is -1.99. The fourth-order valence-corrected chi connectivity index (χ4v) is 1.82. The minimum absolute atomic E-state index is 0.00919. The number of nitro groups is 1. The van der Waals surface area contributed by atoms with Gasteiger partial charge in [0, 0.05) is 28.4 Å². The summed E-state index contributed by atoms with van der Waals surface area (Å²) in [5.74, 6) is 0.406. The Labute approximate surface area is 105 Å². The molecule has 2 rings (SSSR count). The fraction of sp³-hybridized carbons (Fsp3) is 0.100. The molecule has 0 aliphatic carbocycles. The molecule has 1 heterocycles. The second kappa shape index (κ2) is 4.17. The van der Waals surface area contributed by atoms with Gasteiger partial charge in [-0.05, 0) is 28.9 Å². The highest BCUT2D eigenvalue weighted by atomic mass is 79.9. The van der Waals surface area contributed by atoms with Crippen molar-refractivity contribution in [2.24, 2.45) is 0 Å². The Balaban J connectivity index is 2.57. The average molecular weight is 297 g/mol. The van der Waals surface area contributed by atoms with Crippen molar-refractivity contribution < 1.29 is 4.92 Å². The lowest BCUT2D eigenvalue weighted by Gasteiger charge is -2.03. The number of aromatic nitrogens is 2. The summed E-state index contributed by atoms with van der Waals surface area (Å²) in [5.41, 5.74) is 7.06. The number of nitrogens with two attached hydrogens (primary N) is 1. The topological polar surface area (TPSA) is 87.0 Å². The van der Waals surface area contributed by atoms with Gasteiger partial charge < -0.3 is 5.73 Å². The molecular weight excluding hydrogens is 288 g/mol. The van der Waals surface area contributed by atoms with E-state index in [1.807, 2.05) is 6.92 Å². The lowest BCUT2D eigenvalue weighted by molar-refractivity contribution is -0.384. The number of nitrogens with zero attached hydrogens (tertiary/aromatic N) is 3. The SMILES string of the molecule is Cc1cn(-c2cc([N+](=O)[O-])ccc2Br)nc1N. The molecule has 0 aliphatic rings. The molecule has 0 bridgehead atoms. The summed E-state index contributed by atoms with van der Waals surface area (Å²) < 4.78 is 2.23. The van der Waals surface area contributed by atoms with Gasteiger partial charge >= 0.3 is 0 Å². The maximum Gasteiger partial charge on any atom is 0.271 e. The number of benzene rings is 1. The minimum atomic E-state index is -0.449. The van der Waals surface area contributed by atoms with Crippen LogP contribution in [0, 0.1) is 17.0 Å². The van der Waals surface area contributed by atoms with Crippen molar-refractivity contribution in [2.75, 3.05) is 5.73 Å². The zero-order chi connectivity index (χ0) is 12.6. The van der Waals surface area contributed by atoms with Gasteiger partial charge in [-0.1, -0.05) is 0 Å². The number of non-ortho nitro benzene ring substituents is 1. The first-order valence-electron chi connectivity index (χ1n) is 4.75. The van der Waals surface area contributed by atoms with E-state index in [1.165, 1.54) is 16.8 Å². The van der Waals surface area contributed by atoms with E-state index in [1.54, 1.807) is 12.3 Å². The maximum atomic E-state index is 10.7. The number of hydrogen-bond donors (Lipinski definition) is 1. The normalized spacial score (nSPS) is 10.5. The predicted molar refractivity (Wildman–Crippen MR) is 67.1 cm³/mol. The molecule has 88 valence electrons. The lowest BCUT2D eigenvalue weighted by atomic mass is 10.3. The summed E-state index contributed by atoms with van der Waals surface area (Å²) >= 11 is 3.33. The van der Waals surface area contributed by atoms with Crippen LogP contribution in [0.5, 0.6) is 0 Å².